The number of benzene rings is 2. The Morgan fingerprint density at radius 1 is 1.00 bits per heavy atom. The Labute approximate surface area is 195 Å². The normalized spacial score (nSPS) is 10.1. The zero-order chi connectivity index (χ0) is 21.2. The predicted octanol–water partition coefficient (Wildman–Crippen LogP) is 5.30. The second-order valence-corrected chi connectivity index (χ2v) is 6.50. The average molecular weight is 442 g/mol. The van der Waals surface area contributed by atoms with Crippen LogP contribution in [0.15, 0.2) is 54.6 Å². The monoisotopic (exact) mass is 442 g/mol. The number of allylic oxidation sites excluding steroid dienone is 1. The van der Waals surface area contributed by atoms with Gasteiger partial charge in [-0.1, -0.05) is 30.3 Å². The van der Waals surface area contributed by atoms with Crippen LogP contribution in [0.5, 0.6) is 5.75 Å². The Bertz CT molecular complexity index is 1040. The number of hydrogen-bond donors (Lipinski definition) is 0. The van der Waals surface area contributed by atoms with Crippen molar-refractivity contribution in [1.29, 1.82) is 0 Å². The molecule has 0 spiro atoms. The topological polar surface area (TPSA) is 26.3 Å². The second kappa shape index (κ2) is 12.5. The van der Waals surface area contributed by atoms with Crippen molar-refractivity contribution in [2.24, 2.45) is 0 Å². The third-order valence-electron chi connectivity index (χ3n) is 4.31. The molecule has 0 fully saturated rings. The first kappa shape index (κ1) is 24.1. The molecule has 0 aliphatic rings. The number of ether oxygens (including phenoxy) is 1. The fourth-order valence-electron chi connectivity index (χ4n) is 2.58. The van der Waals surface area contributed by atoms with E-state index in [0.29, 0.717) is 23.5 Å². The van der Waals surface area contributed by atoms with E-state index in [1.165, 1.54) is 6.08 Å². The van der Waals surface area contributed by atoms with Crippen LogP contribution in [0.3, 0.4) is 0 Å². The molecule has 0 atom stereocenters. The van der Waals surface area contributed by atoms with Gasteiger partial charge in [0.05, 0.1) is 0 Å². The molecule has 4 aromatic carbocycles. The average Bonchev–Trinajstić information content (AvgIpc) is 3.50. The van der Waals surface area contributed by atoms with Gasteiger partial charge in [-0.15, -0.1) is 0 Å². The largest absolute Gasteiger partial charge is 0.999 e. The van der Waals surface area contributed by atoms with E-state index < -0.39 is 0 Å². The maximum absolute atomic E-state index is 12.6. The molecule has 0 saturated heterocycles. The number of aryl methyl sites for hydroxylation is 2. The van der Waals surface area contributed by atoms with Crippen molar-refractivity contribution < 1.29 is 26.6 Å². The van der Waals surface area contributed by atoms with Crippen LogP contribution < -0.4 is 4.74 Å². The first-order chi connectivity index (χ1) is 14.6. The van der Waals surface area contributed by atoms with Gasteiger partial charge in [0.15, 0.2) is 0 Å². The molecule has 160 valence electrons. The number of carbonyl (C=O) groups is 1. The SMILES string of the molecule is Cc1cc(OCc2ccccc2)c(C(=O)/C=C/[c-]2[c-][c-][c-][c-]2)cc1C.[Fe].[c-]1[c-][c-][cH-][c-]1. The molecule has 0 aliphatic heterocycles. The molecule has 0 bridgehead atoms. The Hall–Kier alpha value is -3.13. The summed E-state index contributed by atoms with van der Waals surface area (Å²) in [5.41, 5.74) is 4.41. The fourth-order valence-corrected chi connectivity index (χ4v) is 2.58. The molecule has 4 rings (SSSR count). The van der Waals surface area contributed by atoms with Crippen molar-refractivity contribution in [3.63, 3.8) is 0 Å². The molecule has 0 unspecified atom stereocenters. The van der Waals surface area contributed by atoms with E-state index in [9.17, 15) is 4.79 Å². The number of carbonyl (C=O) groups excluding carboxylic acids is 1. The standard InChI is InChI=1S/C23H17O2.C5H.Fe/c1-17-14-21(22(24)13-12-19-8-6-7-9-19)23(15-18(17)2)25-16-20-10-4-3-5-11-20;1-2-4-5-3-1;/h3-5,10-15H,16H2,1-2H3;1H;/q2*-5;/b13-12+;;. The Kier molecular flexibility index (Phi) is 9.76. The van der Waals surface area contributed by atoms with Gasteiger partial charge in [-0.2, -0.15) is 0 Å². The van der Waals surface area contributed by atoms with Crippen LogP contribution in [-0.2, 0) is 23.7 Å². The first-order valence-electron chi connectivity index (χ1n) is 9.35. The van der Waals surface area contributed by atoms with Crippen LogP contribution >= 0.6 is 0 Å². The van der Waals surface area contributed by atoms with Crippen molar-refractivity contribution in [1.82, 2.24) is 0 Å². The van der Waals surface area contributed by atoms with Crippen LogP contribution in [-0.4, -0.2) is 5.78 Å². The van der Waals surface area contributed by atoms with Gasteiger partial charge in [-0.3, -0.25) is 0 Å². The van der Waals surface area contributed by atoms with E-state index in [1.54, 1.807) is 12.1 Å². The maximum atomic E-state index is 12.6. The zero-order valence-corrected chi connectivity index (χ0v) is 18.3. The van der Waals surface area contributed by atoms with Crippen LogP contribution in [0, 0.1) is 62.4 Å². The minimum Gasteiger partial charge on any atom is -0.999 e. The first-order valence-corrected chi connectivity index (χ1v) is 9.35. The van der Waals surface area contributed by atoms with Crippen LogP contribution in [0.1, 0.15) is 32.6 Å². The number of hydrogen-bond acceptors (Lipinski definition) is 2. The molecule has 0 heterocycles. The summed E-state index contributed by atoms with van der Waals surface area (Å²) in [7, 11) is 0. The van der Waals surface area contributed by atoms with Crippen molar-refractivity contribution >= 4 is 11.9 Å². The van der Waals surface area contributed by atoms with Crippen molar-refractivity contribution in [2.45, 2.75) is 20.5 Å². The molecule has 4 aromatic rings. The summed E-state index contributed by atoms with van der Waals surface area (Å²) < 4.78 is 5.93. The molecule has 0 aliphatic carbocycles. The van der Waals surface area contributed by atoms with Crippen molar-refractivity contribution in [3.8, 4) is 5.75 Å². The Morgan fingerprint density at radius 3 is 2.26 bits per heavy atom. The fraction of sp³-hybridized carbons (Fsp3) is 0.107. The summed E-state index contributed by atoms with van der Waals surface area (Å²) in [6, 6.07) is 36.7. The molecule has 0 radical (unpaired) electrons. The summed E-state index contributed by atoms with van der Waals surface area (Å²) in [4.78, 5) is 12.6. The third kappa shape index (κ3) is 7.57. The molecule has 2 nitrogen and oxygen atoms in total. The zero-order valence-electron chi connectivity index (χ0n) is 17.2. The van der Waals surface area contributed by atoms with E-state index in [0.717, 1.165) is 16.7 Å². The summed E-state index contributed by atoms with van der Waals surface area (Å²) in [5, 5.41) is 0. The molecule has 0 N–H and O–H groups in total. The Morgan fingerprint density at radius 2 is 1.65 bits per heavy atom. The smallest absolute Gasteiger partial charge is 0.128 e. The van der Waals surface area contributed by atoms with Gasteiger partial charge < -0.3 is 81.8 Å². The van der Waals surface area contributed by atoms with Gasteiger partial charge in [0, 0.05) is 28.4 Å². The molecular formula is C28H18FeO2-10. The number of ketones is 1. The van der Waals surface area contributed by atoms with E-state index in [4.69, 9.17) is 4.74 Å². The van der Waals surface area contributed by atoms with Crippen LogP contribution in [0.2, 0.25) is 0 Å². The van der Waals surface area contributed by atoms with E-state index in [2.05, 4.69) is 48.5 Å². The number of rotatable bonds is 6. The molecule has 0 aromatic heterocycles. The minimum absolute atomic E-state index is 0. The van der Waals surface area contributed by atoms with Gasteiger partial charge in [0.25, 0.3) is 0 Å². The molecule has 0 amide bonds. The summed E-state index contributed by atoms with van der Waals surface area (Å²) >= 11 is 0. The van der Waals surface area contributed by atoms with Gasteiger partial charge in [0.2, 0.25) is 0 Å². The molecular weight excluding hydrogens is 424 g/mol. The van der Waals surface area contributed by atoms with Crippen LogP contribution in [0.4, 0.5) is 0 Å². The van der Waals surface area contributed by atoms with Gasteiger partial charge in [-0.25, -0.2) is 0 Å². The maximum Gasteiger partial charge on any atom is 0.128 e. The predicted molar refractivity (Wildman–Crippen MR) is 115 cm³/mol. The minimum atomic E-state index is -0.117. The van der Waals surface area contributed by atoms with Crippen molar-refractivity contribution in [3.05, 3.63) is 131 Å². The van der Waals surface area contributed by atoms with Gasteiger partial charge >= 0.3 is 0 Å². The Balaban J connectivity index is 0.000000501. The van der Waals surface area contributed by atoms with Gasteiger partial charge in [-0.05, 0) is 42.7 Å². The van der Waals surface area contributed by atoms with E-state index >= 15 is 0 Å². The van der Waals surface area contributed by atoms with E-state index in [-0.39, 0.29) is 22.9 Å². The van der Waals surface area contributed by atoms with E-state index in [1.807, 2.05) is 56.3 Å². The molecule has 3 heteroatoms. The van der Waals surface area contributed by atoms with Crippen LogP contribution in [0.25, 0.3) is 6.08 Å². The second-order valence-electron chi connectivity index (χ2n) is 6.50. The van der Waals surface area contributed by atoms with Crippen molar-refractivity contribution in [2.75, 3.05) is 0 Å². The summed E-state index contributed by atoms with van der Waals surface area (Å²) in [5.74, 6) is 0.476. The van der Waals surface area contributed by atoms with Gasteiger partial charge in [0.1, 0.15) is 12.4 Å². The molecule has 31 heavy (non-hydrogen) atoms. The third-order valence-corrected chi connectivity index (χ3v) is 4.31. The summed E-state index contributed by atoms with van der Waals surface area (Å²) in [6.07, 6.45) is 3.16. The quantitative estimate of drug-likeness (QED) is 0.175. The molecule has 0 saturated carbocycles. The summed E-state index contributed by atoms with van der Waals surface area (Å²) in [6.45, 7) is 4.41.